The Kier molecular flexibility index (Phi) is 5.84. The quantitative estimate of drug-likeness (QED) is 0.639. The minimum atomic E-state index is -0.455. The summed E-state index contributed by atoms with van der Waals surface area (Å²) in [5.74, 6) is 0.496. The lowest BCUT2D eigenvalue weighted by Gasteiger charge is -2.41. The largest absolute Gasteiger partial charge is 0.379 e. The third-order valence-corrected chi connectivity index (χ3v) is 6.64. The number of aliphatic hydroxyl groups is 1. The molecule has 2 fully saturated rings. The van der Waals surface area contributed by atoms with Crippen molar-refractivity contribution in [2.75, 3.05) is 44.3 Å². The Bertz CT molecular complexity index is 1070. The summed E-state index contributed by atoms with van der Waals surface area (Å²) in [5.41, 5.74) is 3.17. The SMILES string of the molecule is OC(C1CCCN(c2ccc(Cl)c(-c3nc4ccc(F)cc4[nH]3)c2)C1)N1CCOCC1. The van der Waals surface area contributed by atoms with Crippen LogP contribution in [0.15, 0.2) is 36.4 Å². The highest BCUT2D eigenvalue weighted by Crippen LogP contribution is 2.34. The molecule has 8 heteroatoms. The van der Waals surface area contributed by atoms with Gasteiger partial charge < -0.3 is 19.7 Å². The predicted molar refractivity (Wildman–Crippen MR) is 120 cm³/mol. The third kappa shape index (κ3) is 4.28. The van der Waals surface area contributed by atoms with E-state index in [1.807, 2.05) is 18.2 Å². The highest BCUT2D eigenvalue weighted by Gasteiger charge is 2.31. The summed E-state index contributed by atoms with van der Waals surface area (Å²) in [5, 5.41) is 11.5. The molecule has 0 saturated carbocycles. The molecule has 0 amide bonds. The number of hydrogen-bond acceptors (Lipinski definition) is 5. The zero-order chi connectivity index (χ0) is 21.4. The number of piperidine rings is 1. The Labute approximate surface area is 185 Å². The van der Waals surface area contributed by atoms with E-state index >= 15 is 0 Å². The first-order chi connectivity index (χ1) is 15.1. The van der Waals surface area contributed by atoms with Gasteiger partial charge in [-0.25, -0.2) is 9.37 Å². The topological polar surface area (TPSA) is 64.6 Å². The lowest BCUT2D eigenvalue weighted by Crippen LogP contribution is -2.51. The average Bonchev–Trinajstić information content (AvgIpc) is 3.22. The second-order valence-corrected chi connectivity index (χ2v) is 8.73. The number of rotatable bonds is 4. The van der Waals surface area contributed by atoms with Crippen molar-refractivity contribution in [3.8, 4) is 11.4 Å². The highest BCUT2D eigenvalue weighted by atomic mass is 35.5. The summed E-state index contributed by atoms with van der Waals surface area (Å²) in [6.07, 6.45) is 1.57. The Morgan fingerprint density at radius 3 is 2.84 bits per heavy atom. The van der Waals surface area contributed by atoms with Gasteiger partial charge in [0.1, 0.15) is 17.9 Å². The number of aromatic amines is 1. The molecule has 2 unspecified atom stereocenters. The molecule has 2 aliphatic heterocycles. The number of nitrogens with one attached hydrogen (secondary N) is 1. The van der Waals surface area contributed by atoms with Gasteiger partial charge in [0.25, 0.3) is 0 Å². The lowest BCUT2D eigenvalue weighted by atomic mass is 9.94. The van der Waals surface area contributed by atoms with Crippen molar-refractivity contribution in [1.29, 1.82) is 0 Å². The maximum atomic E-state index is 13.6. The predicted octanol–water partition coefficient (Wildman–Crippen LogP) is 3.89. The first kappa shape index (κ1) is 20.7. The van der Waals surface area contributed by atoms with E-state index in [1.54, 1.807) is 6.07 Å². The fraction of sp³-hybridized carbons (Fsp3) is 0.435. The molecular formula is C23H26ClFN4O2. The number of H-pyrrole nitrogens is 1. The lowest BCUT2D eigenvalue weighted by molar-refractivity contribution is -0.0875. The third-order valence-electron chi connectivity index (χ3n) is 6.31. The van der Waals surface area contributed by atoms with Crippen LogP contribution in [0.25, 0.3) is 22.4 Å². The Morgan fingerprint density at radius 2 is 2.00 bits per heavy atom. The van der Waals surface area contributed by atoms with Gasteiger partial charge in [-0.15, -0.1) is 0 Å². The van der Waals surface area contributed by atoms with Gasteiger partial charge >= 0.3 is 0 Å². The van der Waals surface area contributed by atoms with Crippen LogP contribution in [0, 0.1) is 11.7 Å². The van der Waals surface area contributed by atoms with Crippen LogP contribution in [0.5, 0.6) is 0 Å². The number of benzene rings is 2. The molecule has 1 aromatic heterocycles. The summed E-state index contributed by atoms with van der Waals surface area (Å²) < 4.78 is 19.0. The minimum Gasteiger partial charge on any atom is -0.379 e. The molecule has 2 atom stereocenters. The molecule has 2 aromatic carbocycles. The van der Waals surface area contributed by atoms with Crippen LogP contribution in [0.4, 0.5) is 10.1 Å². The summed E-state index contributed by atoms with van der Waals surface area (Å²) in [4.78, 5) is 12.2. The highest BCUT2D eigenvalue weighted by molar-refractivity contribution is 6.33. The van der Waals surface area contributed by atoms with Crippen molar-refractivity contribution >= 4 is 28.3 Å². The van der Waals surface area contributed by atoms with E-state index in [0.717, 1.165) is 50.3 Å². The number of aromatic nitrogens is 2. The number of nitrogens with zero attached hydrogens (tertiary/aromatic N) is 3. The zero-order valence-corrected chi connectivity index (χ0v) is 18.0. The van der Waals surface area contributed by atoms with Crippen LogP contribution in [0.2, 0.25) is 5.02 Å². The van der Waals surface area contributed by atoms with Crippen molar-refractivity contribution in [2.45, 2.75) is 19.1 Å². The van der Waals surface area contributed by atoms with E-state index in [1.165, 1.54) is 12.1 Å². The van der Waals surface area contributed by atoms with E-state index in [2.05, 4.69) is 19.8 Å². The fourth-order valence-corrected chi connectivity index (χ4v) is 4.84. The van der Waals surface area contributed by atoms with E-state index in [0.29, 0.717) is 35.1 Å². The van der Waals surface area contributed by atoms with Crippen LogP contribution < -0.4 is 4.90 Å². The normalized spacial score (nSPS) is 21.5. The summed E-state index contributed by atoms with van der Waals surface area (Å²) in [6, 6.07) is 10.4. The van der Waals surface area contributed by atoms with Gasteiger partial charge in [0.05, 0.1) is 29.3 Å². The molecule has 2 saturated heterocycles. The minimum absolute atomic E-state index is 0.181. The second kappa shape index (κ2) is 8.74. The van der Waals surface area contributed by atoms with Gasteiger partial charge in [-0.3, -0.25) is 4.90 Å². The molecule has 0 aliphatic carbocycles. The molecular weight excluding hydrogens is 419 g/mol. The molecule has 3 heterocycles. The summed E-state index contributed by atoms with van der Waals surface area (Å²) >= 11 is 6.50. The zero-order valence-electron chi connectivity index (χ0n) is 17.2. The van der Waals surface area contributed by atoms with E-state index in [9.17, 15) is 9.50 Å². The van der Waals surface area contributed by atoms with Crippen LogP contribution >= 0.6 is 11.6 Å². The molecule has 2 aliphatic rings. The molecule has 164 valence electrons. The standard InChI is InChI=1S/C23H26ClFN4O2/c24-19-5-4-17(13-18(19)22-26-20-6-3-16(25)12-21(20)27-22)29-7-1-2-15(14-29)23(30)28-8-10-31-11-9-28/h3-6,12-13,15,23,30H,1-2,7-11,14H2,(H,26,27). The molecule has 0 radical (unpaired) electrons. The number of ether oxygens (including phenoxy) is 1. The van der Waals surface area contributed by atoms with Gasteiger partial charge in [0, 0.05) is 43.3 Å². The average molecular weight is 445 g/mol. The van der Waals surface area contributed by atoms with Crippen molar-refractivity contribution in [2.24, 2.45) is 5.92 Å². The number of morpholine rings is 1. The van der Waals surface area contributed by atoms with Gasteiger partial charge in [-0.2, -0.15) is 0 Å². The molecule has 31 heavy (non-hydrogen) atoms. The summed E-state index contributed by atoms with van der Waals surface area (Å²) in [7, 11) is 0. The molecule has 6 nitrogen and oxygen atoms in total. The first-order valence-electron chi connectivity index (χ1n) is 10.8. The van der Waals surface area contributed by atoms with Gasteiger partial charge in [0.15, 0.2) is 0 Å². The monoisotopic (exact) mass is 444 g/mol. The number of imidazole rings is 1. The summed E-state index contributed by atoms with van der Waals surface area (Å²) in [6.45, 7) is 4.61. The molecule has 0 bridgehead atoms. The maximum Gasteiger partial charge on any atom is 0.140 e. The van der Waals surface area contributed by atoms with Gasteiger partial charge in [-0.1, -0.05) is 11.6 Å². The first-order valence-corrected chi connectivity index (χ1v) is 11.2. The van der Waals surface area contributed by atoms with Crippen molar-refractivity contribution in [1.82, 2.24) is 14.9 Å². The van der Waals surface area contributed by atoms with Gasteiger partial charge in [0.2, 0.25) is 0 Å². The van der Waals surface area contributed by atoms with Crippen LogP contribution in [-0.4, -0.2) is 65.6 Å². The Morgan fingerprint density at radius 1 is 1.16 bits per heavy atom. The number of fused-ring (bicyclic) bond motifs is 1. The molecule has 0 spiro atoms. The maximum absolute atomic E-state index is 13.6. The van der Waals surface area contributed by atoms with Crippen LogP contribution in [0.3, 0.4) is 0 Å². The number of hydrogen-bond donors (Lipinski definition) is 2. The fourth-order valence-electron chi connectivity index (χ4n) is 4.63. The van der Waals surface area contributed by atoms with Crippen LogP contribution in [-0.2, 0) is 4.74 Å². The number of anilines is 1. The van der Waals surface area contributed by atoms with Crippen molar-refractivity contribution < 1.29 is 14.2 Å². The number of halogens is 2. The molecule has 5 rings (SSSR count). The van der Waals surface area contributed by atoms with E-state index < -0.39 is 6.23 Å². The van der Waals surface area contributed by atoms with E-state index in [-0.39, 0.29) is 11.7 Å². The van der Waals surface area contributed by atoms with Crippen molar-refractivity contribution in [3.63, 3.8) is 0 Å². The smallest absolute Gasteiger partial charge is 0.140 e. The number of aliphatic hydroxyl groups excluding tert-OH is 1. The molecule has 2 N–H and O–H groups in total. The van der Waals surface area contributed by atoms with Crippen molar-refractivity contribution in [3.05, 3.63) is 47.2 Å². The van der Waals surface area contributed by atoms with Gasteiger partial charge in [-0.05, 0) is 49.2 Å². The Hall–Kier alpha value is -2.19. The molecule has 3 aromatic rings. The Balaban J connectivity index is 1.38. The van der Waals surface area contributed by atoms with E-state index in [4.69, 9.17) is 16.3 Å². The second-order valence-electron chi connectivity index (χ2n) is 8.32. The van der Waals surface area contributed by atoms with Crippen LogP contribution in [0.1, 0.15) is 12.8 Å².